The monoisotopic (exact) mass is 446 g/mol. The third kappa shape index (κ3) is 4.36. The Morgan fingerprint density at radius 3 is 2.82 bits per heavy atom. The molecule has 1 amide bonds. The van der Waals surface area contributed by atoms with E-state index in [2.05, 4.69) is 54.5 Å². The highest BCUT2D eigenvalue weighted by Gasteiger charge is 2.33. The molecule has 2 aliphatic heterocycles. The van der Waals surface area contributed by atoms with Crippen LogP contribution in [0.15, 0.2) is 30.9 Å². The molecule has 8 heteroatoms. The fourth-order valence-corrected chi connectivity index (χ4v) is 4.76. The average molecular weight is 447 g/mol. The molecular weight excluding hydrogens is 416 g/mol. The molecule has 2 aromatic rings. The molecule has 1 aromatic carbocycles. The lowest BCUT2D eigenvalue weighted by Crippen LogP contribution is -2.55. The lowest BCUT2D eigenvalue weighted by atomic mass is 10.0. The van der Waals surface area contributed by atoms with Crippen LogP contribution in [0.4, 0.5) is 11.5 Å². The van der Waals surface area contributed by atoms with Crippen molar-refractivity contribution in [2.45, 2.75) is 39.3 Å². The van der Waals surface area contributed by atoms with E-state index in [4.69, 9.17) is 14.7 Å². The van der Waals surface area contributed by atoms with Gasteiger partial charge in [-0.05, 0) is 43.5 Å². The van der Waals surface area contributed by atoms with Crippen LogP contribution in [-0.4, -0.2) is 60.1 Å². The molecule has 1 saturated heterocycles. The van der Waals surface area contributed by atoms with Gasteiger partial charge < -0.3 is 19.4 Å². The van der Waals surface area contributed by atoms with Gasteiger partial charge in [0.25, 0.3) is 0 Å². The number of methoxy groups -OCH3 is 1. The molecule has 172 valence electrons. The second-order valence-electron chi connectivity index (χ2n) is 8.55. The van der Waals surface area contributed by atoms with Crippen LogP contribution < -0.4 is 14.5 Å². The number of benzene rings is 1. The molecule has 3 heterocycles. The van der Waals surface area contributed by atoms with Gasteiger partial charge in [-0.2, -0.15) is 15.2 Å². The normalized spacial score (nSPS) is 17.9. The van der Waals surface area contributed by atoms with Gasteiger partial charge in [0.2, 0.25) is 5.91 Å². The average Bonchev–Trinajstić information content (AvgIpc) is 2.84. The Labute approximate surface area is 195 Å². The molecule has 1 unspecified atom stereocenters. The molecule has 0 spiro atoms. The van der Waals surface area contributed by atoms with E-state index in [0.29, 0.717) is 32.2 Å². The second kappa shape index (κ2) is 9.49. The highest BCUT2D eigenvalue weighted by Crippen LogP contribution is 2.33. The molecule has 0 N–H and O–H groups in total. The van der Waals surface area contributed by atoms with Crippen LogP contribution in [0.5, 0.6) is 6.01 Å². The Bertz CT molecular complexity index is 1110. The van der Waals surface area contributed by atoms with Crippen LogP contribution in [0.3, 0.4) is 0 Å². The van der Waals surface area contributed by atoms with Gasteiger partial charge >= 0.3 is 6.01 Å². The Morgan fingerprint density at radius 1 is 1.27 bits per heavy atom. The summed E-state index contributed by atoms with van der Waals surface area (Å²) in [5.41, 5.74) is 5.87. The highest BCUT2D eigenvalue weighted by atomic mass is 16.5. The molecule has 4 rings (SSSR count). The number of rotatable bonds is 5. The number of aryl methyl sites for hydroxylation is 1. The van der Waals surface area contributed by atoms with Gasteiger partial charge in [-0.15, -0.1) is 0 Å². The zero-order valence-corrected chi connectivity index (χ0v) is 19.5. The van der Waals surface area contributed by atoms with Gasteiger partial charge in [-0.25, -0.2) is 0 Å². The Kier molecular flexibility index (Phi) is 6.50. The summed E-state index contributed by atoms with van der Waals surface area (Å²) in [5, 5.41) is 9.32. The number of aromatic nitrogens is 2. The summed E-state index contributed by atoms with van der Waals surface area (Å²) in [4.78, 5) is 28.0. The first-order valence-electron chi connectivity index (χ1n) is 11.3. The number of anilines is 2. The summed E-state index contributed by atoms with van der Waals surface area (Å²) >= 11 is 0. The number of piperazine rings is 1. The van der Waals surface area contributed by atoms with E-state index < -0.39 is 0 Å². The maximum absolute atomic E-state index is 12.3. The van der Waals surface area contributed by atoms with E-state index in [0.717, 1.165) is 30.0 Å². The maximum atomic E-state index is 12.3. The van der Waals surface area contributed by atoms with Crippen molar-refractivity contribution in [3.63, 3.8) is 0 Å². The SMILES string of the molecule is C=CC(=O)N1CCN(c2nc(OC)nc3c2CCN(c2cccc(C)c2C)C3)CC1CC#N. The number of ether oxygens (including phenoxy) is 1. The summed E-state index contributed by atoms with van der Waals surface area (Å²) in [7, 11) is 1.58. The first kappa shape index (κ1) is 22.6. The minimum atomic E-state index is -0.208. The van der Waals surface area contributed by atoms with Crippen molar-refractivity contribution in [3.05, 3.63) is 53.2 Å². The van der Waals surface area contributed by atoms with Crippen LogP contribution in [0.1, 0.15) is 28.8 Å². The smallest absolute Gasteiger partial charge is 0.318 e. The number of carbonyl (C=O) groups excluding carboxylic acids is 1. The quantitative estimate of drug-likeness (QED) is 0.653. The van der Waals surface area contributed by atoms with E-state index in [1.54, 1.807) is 12.0 Å². The summed E-state index contributed by atoms with van der Waals surface area (Å²) in [5.74, 6) is 0.715. The molecule has 1 atom stereocenters. The van der Waals surface area contributed by atoms with Gasteiger partial charge in [-0.1, -0.05) is 18.7 Å². The van der Waals surface area contributed by atoms with Gasteiger partial charge in [0.15, 0.2) is 0 Å². The fourth-order valence-electron chi connectivity index (χ4n) is 4.76. The van der Waals surface area contributed by atoms with E-state index in [-0.39, 0.29) is 18.4 Å². The predicted octanol–water partition coefficient (Wildman–Crippen LogP) is 2.78. The highest BCUT2D eigenvalue weighted by molar-refractivity contribution is 5.87. The van der Waals surface area contributed by atoms with Crippen molar-refractivity contribution in [1.82, 2.24) is 14.9 Å². The molecule has 0 saturated carbocycles. The maximum Gasteiger partial charge on any atom is 0.318 e. The summed E-state index contributed by atoms with van der Waals surface area (Å²) in [6, 6.07) is 8.74. The number of hydrogen-bond donors (Lipinski definition) is 0. The van der Waals surface area contributed by atoms with Gasteiger partial charge in [-0.3, -0.25) is 4.79 Å². The van der Waals surface area contributed by atoms with Crippen molar-refractivity contribution in [1.29, 1.82) is 5.26 Å². The molecule has 1 aromatic heterocycles. The van der Waals surface area contributed by atoms with E-state index in [1.165, 1.54) is 22.9 Å². The van der Waals surface area contributed by atoms with E-state index in [9.17, 15) is 10.1 Å². The van der Waals surface area contributed by atoms with Crippen LogP contribution in [0.2, 0.25) is 0 Å². The van der Waals surface area contributed by atoms with E-state index in [1.807, 2.05) is 0 Å². The van der Waals surface area contributed by atoms with Crippen molar-refractivity contribution < 1.29 is 9.53 Å². The molecule has 2 aliphatic rings. The first-order valence-corrected chi connectivity index (χ1v) is 11.3. The number of carbonyl (C=O) groups is 1. The van der Waals surface area contributed by atoms with Crippen LogP contribution in [0, 0.1) is 25.2 Å². The Morgan fingerprint density at radius 2 is 2.09 bits per heavy atom. The fraction of sp³-hybridized carbons (Fsp3) is 0.440. The summed E-state index contributed by atoms with van der Waals surface area (Å²) in [6.07, 6.45) is 2.40. The zero-order chi connectivity index (χ0) is 23.5. The number of nitrogens with zero attached hydrogens (tertiary/aromatic N) is 6. The standard InChI is InChI=1S/C25H30N6O2/c1-5-23(32)31-14-13-30(15-19(31)9-11-26)24-20-10-12-29(16-21(20)27-25(28-24)33-4)22-8-6-7-17(2)18(22)3/h5-8,19H,1,9-10,12-16H2,2-4H3. The van der Waals surface area contributed by atoms with Gasteiger partial charge in [0.05, 0.1) is 37.9 Å². The minimum Gasteiger partial charge on any atom is -0.467 e. The topological polar surface area (TPSA) is 85.6 Å². The summed E-state index contributed by atoms with van der Waals surface area (Å²) < 4.78 is 5.45. The molecule has 8 nitrogen and oxygen atoms in total. The van der Waals surface area contributed by atoms with Crippen LogP contribution in [-0.2, 0) is 17.8 Å². The van der Waals surface area contributed by atoms with Crippen molar-refractivity contribution >= 4 is 17.4 Å². The zero-order valence-electron chi connectivity index (χ0n) is 19.5. The van der Waals surface area contributed by atoms with Crippen LogP contribution in [0.25, 0.3) is 0 Å². The summed E-state index contributed by atoms with van der Waals surface area (Å²) in [6.45, 7) is 11.1. The molecule has 33 heavy (non-hydrogen) atoms. The minimum absolute atomic E-state index is 0.138. The molecule has 1 fully saturated rings. The first-order chi connectivity index (χ1) is 16.0. The van der Waals surface area contributed by atoms with Crippen molar-refractivity contribution in [2.75, 3.05) is 43.1 Å². The number of fused-ring (bicyclic) bond motifs is 1. The molecule has 0 aliphatic carbocycles. The third-order valence-electron chi connectivity index (χ3n) is 6.69. The third-order valence-corrected chi connectivity index (χ3v) is 6.69. The van der Waals surface area contributed by atoms with Crippen molar-refractivity contribution in [3.8, 4) is 12.1 Å². The molecule has 0 bridgehead atoms. The van der Waals surface area contributed by atoms with Crippen molar-refractivity contribution in [2.24, 2.45) is 0 Å². The van der Waals surface area contributed by atoms with E-state index >= 15 is 0 Å². The second-order valence-corrected chi connectivity index (χ2v) is 8.55. The number of amides is 1. The van der Waals surface area contributed by atoms with Gasteiger partial charge in [0, 0.05) is 37.4 Å². The lowest BCUT2D eigenvalue weighted by molar-refractivity contribution is -0.128. The van der Waals surface area contributed by atoms with Gasteiger partial charge in [0.1, 0.15) is 5.82 Å². The largest absolute Gasteiger partial charge is 0.467 e. The number of hydrogen-bond acceptors (Lipinski definition) is 7. The Balaban J connectivity index is 1.65. The van der Waals surface area contributed by atoms with Crippen LogP contribution >= 0.6 is 0 Å². The molecular formula is C25H30N6O2. The predicted molar refractivity (Wildman–Crippen MR) is 127 cm³/mol. The Hall–Kier alpha value is -3.60. The molecule has 0 radical (unpaired) electrons. The number of nitriles is 1. The lowest BCUT2D eigenvalue weighted by Gasteiger charge is -2.42.